The molecule has 0 aliphatic heterocycles. The lowest BCUT2D eigenvalue weighted by Gasteiger charge is -2.03. The largest absolute Gasteiger partial charge is 0.466 e. The number of hydrogen-bond donors (Lipinski definition) is 1. The van der Waals surface area contributed by atoms with Gasteiger partial charge < -0.3 is 9.72 Å². The summed E-state index contributed by atoms with van der Waals surface area (Å²) in [5, 5.41) is 1.07. The summed E-state index contributed by atoms with van der Waals surface area (Å²) in [6.45, 7) is 4.21. The van der Waals surface area contributed by atoms with Crippen LogP contribution < -0.4 is 0 Å². The van der Waals surface area contributed by atoms with E-state index in [9.17, 15) is 4.79 Å². The molecule has 2 rings (SSSR count). The van der Waals surface area contributed by atoms with Gasteiger partial charge in [-0.15, -0.1) is 0 Å². The number of hydrogen-bond acceptors (Lipinski definition) is 2. The number of carbonyl (C=O) groups excluding carboxylic acids is 1. The van der Waals surface area contributed by atoms with Gasteiger partial charge in [0.25, 0.3) is 0 Å². The molecule has 0 saturated carbocycles. The molecule has 17 heavy (non-hydrogen) atoms. The highest BCUT2D eigenvalue weighted by atomic mass is 79.9. The third-order valence-corrected chi connectivity index (χ3v) is 3.38. The number of aromatic amines is 1. The first kappa shape index (κ1) is 12.2. The Morgan fingerprint density at radius 3 is 2.94 bits per heavy atom. The van der Waals surface area contributed by atoms with Gasteiger partial charge in [-0.2, -0.15) is 0 Å². The highest BCUT2D eigenvalue weighted by Gasteiger charge is 2.14. The fraction of sp³-hybridized carbons (Fsp3) is 0.308. The molecular weight excluding hydrogens is 282 g/mol. The van der Waals surface area contributed by atoms with E-state index < -0.39 is 0 Å². The fourth-order valence-corrected chi connectivity index (χ4v) is 2.58. The second-order valence-corrected chi connectivity index (χ2v) is 4.73. The molecule has 1 heterocycles. The molecule has 0 aliphatic rings. The first-order chi connectivity index (χ1) is 8.13. The average molecular weight is 296 g/mol. The van der Waals surface area contributed by atoms with Gasteiger partial charge in [-0.05, 0) is 31.5 Å². The quantitative estimate of drug-likeness (QED) is 0.883. The van der Waals surface area contributed by atoms with E-state index in [-0.39, 0.29) is 5.97 Å². The van der Waals surface area contributed by atoms with Crippen molar-refractivity contribution in [2.75, 3.05) is 6.61 Å². The van der Waals surface area contributed by atoms with E-state index >= 15 is 0 Å². The molecule has 0 saturated heterocycles. The molecule has 0 bridgehead atoms. The number of ether oxygens (including phenoxy) is 1. The SMILES string of the molecule is CCOC(=O)Cc1c(C)[nH]c2cccc(Br)c12. The van der Waals surface area contributed by atoms with E-state index in [1.807, 2.05) is 32.0 Å². The standard InChI is InChI=1S/C13H14BrNO2/c1-3-17-12(16)7-9-8(2)15-11-6-4-5-10(14)13(9)11/h4-6,15H,3,7H2,1-2H3. The van der Waals surface area contributed by atoms with E-state index in [1.54, 1.807) is 0 Å². The summed E-state index contributed by atoms with van der Waals surface area (Å²) < 4.78 is 5.99. The van der Waals surface area contributed by atoms with Crippen molar-refractivity contribution in [3.8, 4) is 0 Å². The number of benzene rings is 1. The van der Waals surface area contributed by atoms with E-state index in [0.717, 1.165) is 26.6 Å². The lowest BCUT2D eigenvalue weighted by atomic mass is 10.1. The summed E-state index contributed by atoms with van der Waals surface area (Å²) >= 11 is 3.52. The van der Waals surface area contributed by atoms with Gasteiger partial charge in [0.05, 0.1) is 13.0 Å². The Balaban J connectivity index is 2.45. The van der Waals surface area contributed by atoms with Gasteiger partial charge in [-0.25, -0.2) is 0 Å². The Hall–Kier alpha value is -1.29. The van der Waals surface area contributed by atoms with Crippen LogP contribution >= 0.6 is 15.9 Å². The summed E-state index contributed by atoms with van der Waals surface area (Å²) in [4.78, 5) is 14.8. The van der Waals surface area contributed by atoms with Gasteiger partial charge in [0.1, 0.15) is 0 Å². The molecule has 3 nitrogen and oxygen atoms in total. The van der Waals surface area contributed by atoms with Crippen molar-refractivity contribution in [1.82, 2.24) is 4.98 Å². The molecule has 0 radical (unpaired) electrons. The first-order valence-corrected chi connectivity index (χ1v) is 6.34. The van der Waals surface area contributed by atoms with Gasteiger partial charge in [0.15, 0.2) is 0 Å². The van der Waals surface area contributed by atoms with Crippen molar-refractivity contribution in [2.45, 2.75) is 20.3 Å². The normalized spacial score (nSPS) is 10.8. The zero-order valence-electron chi connectivity index (χ0n) is 9.84. The topological polar surface area (TPSA) is 42.1 Å². The maximum atomic E-state index is 11.6. The van der Waals surface area contributed by atoms with Crippen LogP contribution in [0.3, 0.4) is 0 Å². The van der Waals surface area contributed by atoms with Gasteiger partial charge in [0, 0.05) is 21.1 Å². The molecule has 0 atom stereocenters. The zero-order chi connectivity index (χ0) is 12.4. The summed E-state index contributed by atoms with van der Waals surface area (Å²) in [7, 11) is 0. The Morgan fingerprint density at radius 2 is 2.24 bits per heavy atom. The van der Waals surface area contributed by atoms with Crippen LogP contribution in [0.1, 0.15) is 18.2 Å². The predicted molar refractivity (Wildman–Crippen MR) is 71.1 cm³/mol. The van der Waals surface area contributed by atoms with E-state index in [2.05, 4.69) is 20.9 Å². The monoisotopic (exact) mass is 295 g/mol. The third kappa shape index (κ3) is 2.36. The minimum absolute atomic E-state index is 0.188. The minimum Gasteiger partial charge on any atom is -0.466 e. The van der Waals surface area contributed by atoms with Crippen LogP contribution in [0.2, 0.25) is 0 Å². The van der Waals surface area contributed by atoms with Crippen molar-refractivity contribution in [3.63, 3.8) is 0 Å². The predicted octanol–water partition coefficient (Wildman–Crippen LogP) is 3.34. The second kappa shape index (κ2) is 4.92. The summed E-state index contributed by atoms with van der Waals surface area (Å²) in [5.41, 5.74) is 3.06. The molecular formula is C13H14BrNO2. The number of nitrogens with one attached hydrogen (secondary N) is 1. The fourth-order valence-electron chi connectivity index (χ4n) is 1.98. The van der Waals surface area contributed by atoms with Crippen molar-refractivity contribution in [3.05, 3.63) is 33.9 Å². The number of esters is 1. The lowest BCUT2D eigenvalue weighted by molar-refractivity contribution is -0.142. The van der Waals surface area contributed by atoms with Crippen molar-refractivity contribution in [1.29, 1.82) is 0 Å². The molecule has 0 amide bonds. The van der Waals surface area contributed by atoms with E-state index in [1.165, 1.54) is 0 Å². The zero-order valence-corrected chi connectivity index (χ0v) is 11.4. The van der Waals surface area contributed by atoms with Crippen LogP contribution in [0.25, 0.3) is 10.9 Å². The van der Waals surface area contributed by atoms with Crippen molar-refractivity contribution >= 4 is 32.8 Å². The third-order valence-electron chi connectivity index (χ3n) is 2.72. The highest BCUT2D eigenvalue weighted by Crippen LogP contribution is 2.29. The smallest absolute Gasteiger partial charge is 0.310 e. The molecule has 90 valence electrons. The van der Waals surface area contributed by atoms with Gasteiger partial charge >= 0.3 is 5.97 Å². The highest BCUT2D eigenvalue weighted by molar-refractivity contribution is 9.10. The molecule has 0 fully saturated rings. The maximum absolute atomic E-state index is 11.6. The number of H-pyrrole nitrogens is 1. The molecule has 0 spiro atoms. The number of rotatable bonds is 3. The molecule has 0 aliphatic carbocycles. The molecule has 1 aromatic carbocycles. The Kier molecular flexibility index (Phi) is 3.52. The first-order valence-electron chi connectivity index (χ1n) is 5.54. The van der Waals surface area contributed by atoms with Gasteiger partial charge in [-0.3, -0.25) is 4.79 Å². The molecule has 0 unspecified atom stereocenters. The molecule has 2 aromatic rings. The van der Waals surface area contributed by atoms with E-state index in [4.69, 9.17) is 4.74 Å². The number of aromatic nitrogens is 1. The number of halogens is 1. The van der Waals surface area contributed by atoms with Crippen molar-refractivity contribution < 1.29 is 9.53 Å². The van der Waals surface area contributed by atoms with Crippen LogP contribution in [-0.2, 0) is 16.0 Å². The summed E-state index contributed by atoms with van der Waals surface area (Å²) in [5.74, 6) is -0.188. The lowest BCUT2D eigenvalue weighted by Crippen LogP contribution is -2.08. The van der Waals surface area contributed by atoms with Crippen LogP contribution in [0.5, 0.6) is 0 Å². The van der Waals surface area contributed by atoms with Crippen molar-refractivity contribution in [2.24, 2.45) is 0 Å². The van der Waals surface area contributed by atoms with Crippen LogP contribution in [0.4, 0.5) is 0 Å². The van der Waals surface area contributed by atoms with E-state index in [0.29, 0.717) is 13.0 Å². The van der Waals surface area contributed by atoms with Crippen LogP contribution in [0.15, 0.2) is 22.7 Å². The number of carbonyl (C=O) groups is 1. The molecule has 4 heteroatoms. The second-order valence-electron chi connectivity index (χ2n) is 3.87. The summed E-state index contributed by atoms with van der Waals surface area (Å²) in [6.07, 6.45) is 0.308. The molecule has 1 N–H and O–H groups in total. The summed E-state index contributed by atoms with van der Waals surface area (Å²) in [6, 6.07) is 5.95. The Morgan fingerprint density at radius 1 is 1.47 bits per heavy atom. The van der Waals surface area contributed by atoms with Crippen LogP contribution in [0, 0.1) is 6.92 Å². The van der Waals surface area contributed by atoms with Crippen LogP contribution in [-0.4, -0.2) is 17.6 Å². The number of fused-ring (bicyclic) bond motifs is 1. The Labute approximate surface area is 108 Å². The minimum atomic E-state index is -0.188. The average Bonchev–Trinajstić information content (AvgIpc) is 2.57. The maximum Gasteiger partial charge on any atom is 0.310 e. The van der Waals surface area contributed by atoms with Gasteiger partial charge in [-0.1, -0.05) is 22.0 Å². The molecule has 1 aromatic heterocycles. The van der Waals surface area contributed by atoms with Gasteiger partial charge in [0.2, 0.25) is 0 Å². The Bertz CT molecular complexity index is 560. The number of aryl methyl sites for hydroxylation is 1.